The minimum Gasteiger partial charge on any atom is -0.394 e. The van der Waals surface area contributed by atoms with Crippen molar-refractivity contribution in [2.24, 2.45) is 0 Å². The summed E-state index contributed by atoms with van der Waals surface area (Å²) in [5.74, 6) is -0.0652. The van der Waals surface area contributed by atoms with Gasteiger partial charge in [-0.15, -0.1) is 0 Å². The molecule has 0 heterocycles. The van der Waals surface area contributed by atoms with Crippen molar-refractivity contribution in [1.82, 2.24) is 5.32 Å². The molecule has 0 aliphatic rings. The Morgan fingerprint density at radius 2 is 0.842 bits per heavy atom. The molecule has 0 saturated carbocycles. The van der Waals surface area contributed by atoms with Gasteiger partial charge in [-0.3, -0.25) is 4.79 Å². The van der Waals surface area contributed by atoms with Crippen LogP contribution >= 0.6 is 0 Å². The number of aliphatic hydroxyl groups excluding tert-OH is 2. The van der Waals surface area contributed by atoms with Crippen LogP contribution in [0.15, 0.2) is 0 Å². The molecule has 3 N–H and O–H groups in total. The zero-order valence-corrected chi connectivity index (χ0v) is 26.0. The molecule has 0 aromatic rings. The molecule has 0 fully saturated rings. The molecular formula is C34H69NO3. The highest BCUT2D eigenvalue weighted by molar-refractivity contribution is 5.76. The molecule has 0 radical (unpaired) electrons. The van der Waals surface area contributed by atoms with E-state index in [-0.39, 0.29) is 12.5 Å². The molecule has 0 rings (SSSR count). The molecule has 0 aromatic carbocycles. The van der Waals surface area contributed by atoms with Gasteiger partial charge in [-0.25, -0.2) is 0 Å². The highest BCUT2D eigenvalue weighted by Gasteiger charge is 2.19. The molecule has 0 bridgehead atoms. The monoisotopic (exact) mass is 540 g/mol. The summed E-state index contributed by atoms with van der Waals surface area (Å²) in [6, 6.07) is -0.524. The van der Waals surface area contributed by atoms with Crippen molar-refractivity contribution in [2.45, 2.75) is 206 Å². The topological polar surface area (TPSA) is 69.6 Å². The number of hydrogen-bond acceptors (Lipinski definition) is 3. The van der Waals surface area contributed by atoms with Crippen molar-refractivity contribution in [2.75, 3.05) is 6.61 Å². The Balaban J connectivity index is 3.29. The zero-order valence-electron chi connectivity index (χ0n) is 26.0. The first-order chi connectivity index (χ1) is 18.7. The third-order valence-corrected chi connectivity index (χ3v) is 8.12. The van der Waals surface area contributed by atoms with Gasteiger partial charge in [0.15, 0.2) is 0 Å². The smallest absolute Gasteiger partial charge is 0.220 e. The second kappa shape index (κ2) is 30.9. The maximum absolute atomic E-state index is 11.8. The van der Waals surface area contributed by atoms with E-state index in [4.69, 9.17) is 0 Å². The van der Waals surface area contributed by atoms with Gasteiger partial charge in [0, 0.05) is 6.42 Å². The van der Waals surface area contributed by atoms with Crippen molar-refractivity contribution in [3.8, 4) is 0 Å². The van der Waals surface area contributed by atoms with Gasteiger partial charge < -0.3 is 15.5 Å². The van der Waals surface area contributed by atoms with Gasteiger partial charge in [0.25, 0.3) is 0 Å². The summed E-state index contributed by atoms with van der Waals surface area (Å²) >= 11 is 0. The van der Waals surface area contributed by atoms with Crippen LogP contribution in [-0.2, 0) is 4.79 Å². The Hall–Kier alpha value is -0.610. The van der Waals surface area contributed by atoms with Crippen LogP contribution in [0.4, 0.5) is 0 Å². The zero-order chi connectivity index (χ0) is 27.9. The number of carbonyl (C=O) groups is 1. The summed E-state index contributed by atoms with van der Waals surface area (Å²) in [5.41, 5.74) is 0. The van der Waals surface area contributed by atoms with Gasteiger partial charge >= 0.3 is 0 Å². The summed E-state index contributed by atoms with van der Waals surface area (Å²) in [6.45, 7) is 4.15. The molecule has 0 saturated heterocycles. The Bertz CT molecular complexity index is 471. The lowest BCUT2D eigenvalue weighted by Gasteiger charge is -2.22. The number of hydrogen-bond donors (Lipinski definition) is 3. The van der Waals surface area contributed by atoms with E-state index in [1.807, 2.05) is 6.92 Å². The SMILES string of the molecule is CCCCCCCCCCCCCCCCCCCCCCCCCCC(O)C(CO)NC(=O)CCCC. The molecule has 2 atom stereocenters. The van der Waals surface area contributed by atoms with Crippen LogP contribution in [0.3, 0.4) is 0 Å². The first kappa shape index (κ1) is 37.4. The van der Waals surface area contributed by atoms with Crippen LogP contribution in [0.25, 0.3) is 0 Å². The fourth-order valence-corrected chi connectivity index (χ4v) is 5.40. The van der Waals surface area contributed by atoms with Crippen molar-refractivity contribution in [3.05, 3.63) is 0 Å². The van der Waals surface area contributed by atoms with E-state index in [1.165, 1.54) is 141 Å². The van der Waals surface area contributed by atoms with E-state index in [2.05, 4.69) is 12.2 Å². The molecular weight excluding hydrogens is 470 g/mol. The van der Waals surface area contributed by atoms with Crippen LogP contribution in [0.1, 0.15) is 194 Å². The van der Waals surface area contributed by atoms with Gasteiger partial charge in [-0.2, -0.15) is 0 Å². The summed E-state index contributed by atoms with van der Waals surface area (Å²) in [5, 5.41) is 22.5. The fourth-order valence-electron chi connectivity index (χ4n) is 5.40. The van der Waals surface area contributed by atoms with Gasteiger partial charge in [0.2, 0.25) is 5.91 Å². The Morgan fingerprint density at radius 3 is 1.16 bits per heavy atom. The molecule has 0 spiro atoms. The van der Waals surface area contributed by atoms with Crippen LogP contribution < -0.4 is 5.32 Å². The first-order valence-electron chi connectivity index (χ1n) is 17.2. The molecule has 38 heavy (non-hydrogen) atoms. The average Bonchev–Trinajstić information content (AvgIpc) is 2.92. The highest BCUT2D eigenvalue weighted by Crippen LogP contribution is 2.16. The van der Waals surface area contributed by atoms with Crippen LogP contribution in [0.2, 0.25) is 0 Å². The van der Waals surface area contributed by atoms with E-state index >= 15 is 0 Å². The minimum absolute atomic E-state index is 0.0652. The number of unbranched alkanes of at least 4 members (excludes halogenated alkanes) is 24. The second-order valence-corrected chi connectivity index (χ2v) is 11.9. The third-order valence-electron chi connectivity index (χ3n) is 8.12. The fraction of sp³-hybridized carbons (Fsp3) is 0.971. The predicted octanol–water partition coefficient (Wildman–Crippen LogP) is 9.79. The van der Waals surface area contributed by atoms with E-state index < -0.39 is 12.1 Å². The molecule has 1 amide bonds. The lowest BCUT2D eigenvalue weighted by Crippen LogP contribution is -2.45. The Morgan fingerprint density at radius 1 is 0.526 bits per heavy atom. The number of carbonyl (C=O) groups excluding carboxylic acids is 1. The molecule has 228 valence electrons. The quantitative estimate of drug-likeness (QED) is 0.0768. The van der Waals surface area contributed by atoms with Gasteiger partial charge in [-0.05, 0) is 12.8 Å². The van der Waals surface area contributed by atoms with Gasteiger partial charge in [0.1, 0.15) is 0 Å². The second-order valence-electron chi connectivity index (χ2n) is 11.9. The molecule has 0 aliphatic carbocycles. The highest BCUT2D eigenvalue weighted by atomic mass is 16.3. The van der Waals surface area contributed by atoms with E-state index in [1.54, 1.807) is 0 Å². The maximum Gasteiger partial charge on any atom is 0.220 e. The Labute approximate surface area is 238 Å². The summed E-state index contributed by atoms with van der Waals surface area (Å²) in [4.78, 5) is 11.8. The standard InChI is InChI=1S/C34H69NO3/c1-3-5-7-8-9-10-11-12-13-14-15-16-17-18-19-20-21-22-23-24-25-26-27-28-29-33(37)32(31-36)35-34(38)30-6-4-2/h32-33,36-37H,3-31H2,1-2H3,(H,35,38). The number of rotatable bonds is 31. The Kier molecular flexibility index (Phi) is 30.4. The largest absolute Gasteiger partial charge is 0.394 e. The number of amides is 1. The normalized spacial score (nSPS) is 13.1. The van der Waals surface area contributed by atoms with Crippen molar-refractivity contribution in [3.63, 3.8) is 0 Å². The number of nitrogens with one attached hydrogen (secondary N) is 1. The van der Waals surface area contributed by atoms with Crippen LogP contribution in [0.5, 0.6) is 0 Å². The summed E-state index contributed by atoms with van der Waals surface area (Å²) < 4.78 is 0. The first-order valence-corrected chi connectivity index (χ1v) is 17.2. The number of aliphatic hydroxyl groups is 2. The van der Waals surface area contributed by atoms with Crippen molar-refractivity contribution in [1.29, 1.82) is 0 Å². The van der Waals surface area contributed by atoms with E-state index in [9.17, 15) is 15.0 Å². The average molecular weight is 540 g/mol. The summed E-state index contributed by atoms with van der Waals surface area (Å²) in [6.07, 6.45) is 35.4. The van der Waals surface area contributed by atoms with Crippen molar-refractivity contribution < 1.29 is 15.0 Å². The molecule has 2 unspecified atom stereocenters. The van der Waals surface area contributed by atoms with E-state index in [0.717, 1.165) is 25.7 Å². The molecule has 4 nitrogen and oxygen atoms in total. The summed E-state index contributed by atoms with van der Waals surface area (Å²) in [7, 11) is 0. The van der Waals surface area contributed by atoms with Crippen LogP contribution in [-0.4, -0.2) is 34.9 Å². The lowest BCUT2D eigenvalue weighted by atomic mass is 10.0. The lowest BCUT2D eigenvalue weighted by molar-refractivity contribution is -0.123. The maximum atomic E-state index is 11.8. The van der Waals surface area contributed by atoms with E-state index in [0.29, 0.717) is 12.8 Å². The third kappa shape index (κ3) is 27.0. The molecule has 0 aromatic heterocycles. The minimum atomic E-state index is -0.648. The predicted molar refractivity (Wildman–Crippen MR) is 166 cm³/mol. The van der Waals surface area contributed by atoms with Crippen molar-refractivity contribution >= 4 is 5.91 Å². The van der Waals surface area contributed by atoms with Crippen LogP contribution in [0, 0.1) is 0 Å². The van der Waals surface area contributed by atoms with Gasteiger partial charge in [0.05, 0.1) is 18.8 Å². The molecule has 0 aliphatic heterocycles. The molecule has 4 heteroatoms. The van der Waals surface area contributed by atoms with Gasteiger partial charge in [-0.1, -0.05) is 174 Å².